The van der Waals surface area contributed by atoms with Crippen LogP contribution in [0.5, 0.6) is 0 Å². The highest BCUT2D eigenvalue weighted by atomic mass is 32.2. The third-order valence-electron chi connectivity index (χ3n) is 4.92. The van der Waals surface area contributed by atoms with Gasteiger partial charge in [0.05, 0.1) is 4.90 Å². The summed E-state index contributed by atoms with van der Waals surface area (Å²) in [6, 6.07) is 13.4. The van der Waals surface area contributed by atoms with Gasteiger partial charge in [0.2, 0.25) is 0 Å². The second-order valence-electron chi connectivity index (χ2n) is 6.64. The van der Waals surface area contributed by atoms with E-state index in [2.05, 4.69) is 18.2 Å². The SMILES string of the molecule is Cc1oc2ccc(C3CCCCC3)cc2c1Sc1cccc(F)c1. The van der Waals surface area contributed by atoms with Gasteiger partial charge in [0, 0.05) is 10.3 Å². The third kappa shape index (κ3) is 3.10. The molecule has 4 rings (SSSR count). The Balaban J connectivity index is 1.72. The molecule has 0 amide bonds. The van der Waals surface area contributed by atoms with E-state index in [0.29, 0.717) is 5.92 Å². The minimum Gasteiger partial charge on any atom is -0.460 e. The van der Waals surface area contributed by atoms with Crippen molar-refractivity contribution in [2.24, 2.45) is 0 Å². The molecule has 1 heterocycles. The number of hydrogen-bond acceptors (Lipinski definition) is 2. The van der Waals surface area contributed by atoms with E-state index in [1.807, 2.05) is 13.0 Å². The zero-order chi connectivity index (χ0) is 16.5. The summed E-state index contributed by atoms with van der Waals surface area (Å²) in [6.07, 6.45) is 6.60. The smallest absolute Gasteiger partial charge is 0.135 e. The van der Waals surface area contributed by atoms with E-state index < -0.39 is 0 Å². The number of fused-ring (bicyclic) bond motifs is 1. The molecule has 1 saturated carbocycles. The lowest BCUT2D eigenvalue weighted by molar-refractivity contribution is 0.444. The lowest BCUT2D eigenvalue weighted by Crippen LogP contribution is -2.04. The van der Waals surface area contributed by atoms with E-state index in [1.165, 1.54) is 43.7 Å². The third-order valence-corrected chi connectivity index (χ3v) is 6.12. The molecular weight excluding hydrogens is 319 g/mol. The Hall–Kier alpha value is -1.74. The zero-order valence-corrected chi connectivity index (χ0v) is 14.7. The largest absolute Gasteiger partial charge is 0.460 e. The van der Waals surface area contributed by atoms with Gasteiger partial charge in [-0.25, -0.2) is 4.39 Å². The van der Waals surface area contributed by atoms with E-state index >= 15 is 0 Å². The number of furan rings is 1. The van der Waals surface area contributed by atoms with Crippen molar-refractivity contribution >= 4 is 22.7 Å². The number of aryl methyl sites for hydroxylation is 1. The molecule has 0 bridgehead atoms. The molecule has 2 aromatic carbocycles. The molecular formula is C21H21FOS. The molecule has 3 heteroatoms. The van der Waals surface area contributed by atoms with Gasteiger partial charge in [-0.15, -0.1) is 0 Å². The summed E-state index contributed by atoms with van der Waals surface area (Å²) in [5, 5.41) is 1.16. The Bertz CT molecular complexity index is 861. The first kappa shape index (κ1) is 15.8. The average Bonchev–Trinajstić information content (AvgIpc) is 2.91. The van der Waals surface area contributed by atoms with Gasteiger partial charge >= 0.3 is 0 Å². The Morgan fingerprint density at radius 3 is 2.67 bits per heavy atom. The predicted octanol–water partition coefficient (Wildman–Crippen LogP) is 7.08. The lowest BCUT2D eigenvalue weighted by Gasteiger charge is -2.21. The minimum atomic E-state index is -0.201. The van der Waals surface area contributed by atoms with Gasteiger partial charge in [0.1, 0.15) is 17.2 Å². The number of rotatable bonds is 3. The number of benzene rings is 2. The first-order valence-electron chi connectivity index (χ1n) is 8.67. The summed E-state index contributed by atoms with van der Waals surface area (Å²) in [6.45, 7) is 1.99. The highest BCUT2D eigenvalue weighted by Crippen LogP contribution is 2.41. The molecule has 0 radical (unpaired) electrons. The van der Waals surface area contributed by atoms with Crippen LogP contribution in [0.1, 0.15) is 49.3 Å². The first-order chi connectivity index (χ1) is 11.7. The van der Waals surface area contributed by atoms with Crippen molar-refractivity contribution in [1.82, 2.24) is 0 Å². The molecule has 0 saturated heterocycles. The second-order valence-corrected chi connectivity index (χ2v) is 7.72. The van der Waals surface area contributed by atoms with Crippen LogP contribution < -0.4 is 0 Å². The first-order valence-corrected chi connectivity index (χ1v) is 9.49. The minimum absolute atomic E-state index is 0.201. The van der Waals surface area contributed by atoms with Gasteiger partial charge in [-0.3, -0.25) is 0 Å². The maximum Gasteiger partial charge on any atom is 0.135 e. The molecule has 0 atom stereocenters. The van der Waals surface area contributed by atoms with Gasteiger partial charge in [0.25, 0.3) is 0 Å². The van der Waals surface area contributed by atoms with Crippen molar-refractivity contribution < 1.29 is 8.81 Å². The van der Waals surface area contributed by atoms with Crippen LogP contribution in [0, 0.1) is 12.7 Å². The van der Waals surface area contributed by atoms with Crippen LogP contribution in [-0.2, 0) is 0 Å². The fraction of sp³-hybridized carbons (Fsp3) is 0.333. The summed E-state index contributed by atoms with van der Waals surface area (Å²) in [5.41, 5.74) is 2.34. The molecule has 1 aromatic heterocycles. The monoisotopic (exact) mass is 340 g/mol. The summed E-state index contributed by atoms with van der Waals surface area (Å²) < 4.78 is 19.4. The molecule has 0 aliphatic heterocycles. The molecule has 124 valence electrons. The van der Waals surface area contributed by atoms with Crippen LogP contribution in [-0.4, -0.2) is 0 Å². The van der Waals surface area contributed by atoms with Crippen LogP contribution in [0.3, 0.4) is 0 Å². The van der Waals surface area contributed by atoms with E-state index in [4.69, 9.17) is 4.42 Å². The van der Waals surface area contributed by atoms with Gasteiger partial charge in [-0.05, 0) is 61.6 Å². The van der Waals surface area contributed by atoms with E-state index in [-0.39, 0.29) is 5.82 Å². The lowest BCUT2D eigenvalue weighted by atomic mass is 9.84. The predicted molar refractivity (Wildman–Crippen MR) is 97.3 cm³/mol. The molecule has 1 aliphatic carbocycles. The van der Waals surface area contributed by atoms with Crippen LogP contribution >= 0.6 is 11.8 Å². The van der Waals surface area contributed by atoms with Gasteiger partial charge < -0.3 is 4.42 Å². The normalized spacial score (nSPS) is 15.9. The van der Waals surface area contributed by atoms with Gasteiger partial charge in [0.15, 0.2) is 0 Å². The van der Waals surface area contributed by atoms with Crippen molar-refractivity contribution in [3.63, 3.8) is 0 Å². The fourth-order valence-corrected chi connectivity index (χ4v) is 4.69. The van der Waals surface area contributed by atoms with Crippen molar-refractivity contribution in [3.05, 3.63) is 59.6 Å². The van der Waals surface area contributed by atoms with Crippen molar-refractivity contribution in [1.29, 1.82) is 0 Å². The van der Waals surface area contributed by atoms with Crippen LogP contribution in [0.2, 0.25) is 0 Å². The Morgan fingerprint density at radius 2 is 1.88 bits per heavy atom. The van der Waals surface area contributed by atoms with Gasteiger partial charge in [-0.1, -0.05) is 43.2 Å². The Labute approximate surface area is 146 Å². The topological polar surface area (TPSA) is 13.1 Å². The molecule has 0 N–H and O–H groups in total. The highest BCUT2D eigenvalue weighted by molar-refractivity contribution is 7.99. The second kappa shape index (κ2) is 6.64. The zero-order valence-electron chi connectivity index (χ0n) is 13.8. The number of halogens is 1. The number of hydrogen-bond donors (Lipinski definition) is 0. The maximum atomic E-state index is 13.5. The Morgan fingerprint density at radius 1 is 1.04 bits per heavy atom. The van der Waals surface area contributed by atoms with Crippen molar-refractivity contribution in [2.45, 2.75) is 54.7 Å². The molecule has 24 heavy (non-hydrogen) atoms. The van der Waals surface area contributed by atoms with E-state index in [9.17, 15) is 4.39 Å². The molecule has 0 unspecified atom stereocenters. The maximum absolute atomic E-state index is 13.5. The fourth-order valence-electron chi connectivity index (χ4n) is 3.68. The van der Waals surface area contributed by atoms with Crippen molar-refractivity contribution in [2.75, 3.05) is 0 Å². The molecule has 1 nitrogen and oxygen atoms in total. The quantitative estimate of drug-likeness (QED) is 0.505. The highest BCUT2D eigenvalue weighted by Gasteiger charge is 2.18. The van der Waals surface area contributed by atoms with E-state index in [1.54, 1.807) is 23.9 Å². The molecule has 1 fully saturated rings. The van der Waals surface area contributed by atoms with Crippen molar-refractivity contribution in [3.8, 4) is 0 Å². The summed E-state index contributed by atoms with van der Waals surface area (Å²) in [7, 11) is 0. The molecule has 3 aromatic rings. The average molecular weight is 340 g/mol. The van der Waals surface area contributed by atoms with Gasteiger partial charge in [-0.2, -0.15) is 0 Å². The standard InChI is InChI=1S/C21H21FOS/c1-14-21(24-18-9-5-8-17(22)13-18)19-12-16(10-11-20(19)23-14)15-6-3-2-4-7-15/h5,8-13,15H,2-4,6-7H2,1H3. The molecule has 0 spiro atoms. The summed E-state index contributed by atoms with van der Waals surface area (Å²) in [5.74, 6) is 1.37. The van der Waals surface area contributed by atoms with Crippen LogP contribution in [0.25, 0.3) is 11.0 Å². The van der Waals surface area contributed by atoms with Crippen LogP contribution in [0.4, 0.5) is 4.39 Å². The summed E-state index contributed by atoms with van der Waals surface area (Å²) in [4.78, 5) is 2.01. The van der Waals surface area contributed by atoms with E-state index in [0.717, 1.165) is 26.5 Å². The summed E-state index contributed by atoms with van der Waals surface area (Å²) >= 11 is 1.59. The Kier molecular flexibility index (Phi) is 4.36. The molecule has 1 aliphatic rings. The van der Waals surface area contributed by atoms with Crippen LogP contribution in [0.15, 0.2) is 56.7 Å².